The van der Waals surface area contributed by atoms with E-state index in [1.54, 1.807) is 5.48 Å². The summed E-state index contributed by atoms with van der Waals surface area (Å²) in [5, 5.41) is 13.6. The number of hydroxylamine groups is 1. The standard InChI is InChI=1S/C21H28N4O3/c22-18-6-4-17-13-19(7-5-16(17)12-18)23-21(27)14-25-10-8-15(9-11-25)2-1-3-20(26)24-28/h4-7,12-13,15,28H,1-3,8-11,14,22H2,(H,23,27)(H,24,26). The first kappa shape index (κ1) is 20.1. The van der Waals surface area contributed by atoms with Crippen molar-refractivity contribution in [3.63, 3.8) is 0 Å². The monoisotopic (exact) mass is 384 g/mol. The number of hydrogen-bond donors (Lipinski definition) is 4. The molecule has 0 saturated carbocycles. The summed E-state index contributed by atoms with van der Waals surface area (Å²) in [6, 6.07) is 11.5. The van der Waals surface area contributed by atoms with E-state index < -0.39 is 0 Å². The number of amides is 2. The van der Waals surface area contributed by atoms with Gasteiger partial charge in [0, 0.05) is 17.8 Å². The number of hydrogen-bond acceptors (Lipinski definition) is 5. The van der Waals surface area contributed by atoms with Crippen molar-refractivity contribution in [1.82, 2.24) is 10.4 Å². The molecule has 3 rings (SSSR count). The number of nitrogens with one attached hydrogen (secondary N) is 2. The summed E-state index contributed by atoms with van der Waals surface area (Å²) in [6.45, 7) is 2.17. The van der Waals surface area contributed by atoms with Gasteiger partial charge in [-0.25, -0.2) is 5.48 Å². The molecule has 2 aromatic carbocycles. The van der Waals surface area contributed by atoms with E-state index in [2.05, 4.69) is 10.2 Å². The van der Waals surface area contributed by atoms with Gasteiger partial charge in [0.05, 0.1) is 6.54 Å². The molecule has 0 aliphatic carbocycles. The number of nitrogen functional groups attached to an aromatic ring is 1. The van der Waals surface area contributed by atoms with Gasteiger partial charge in [-0.2, -0.15) is 0 Å². The van der Waals surface area contributed by atoms with Gasteiger partial charge in [0.25, 0.3) is 0 Å². The number of carbonyl (C=O) groups excluding carboxylic acids is 2. The second-order valence-electron chi connectivity index (χ2n) is 7.52. The molecule has 0 bridgehead atoms. The quantitative estimate of drug-likeness (QED) is 0.334. The molecule has 0 atom stereocenters. The minimum Gasteiger partial charge on any atom is -0.399 e. The van der Waals surface area contributed by atoms with E-state index in [0.717, 1.165) is 60.9 Å². The van der Waals surface area contributed by atoms with Gasteiger partial charge in [0.15, 0.2) is 0 Å². The zero-order valence-electron chi connectivity index (χ0n) is 16.0. The highest BCUT2D eigenvalue weighted by Gasteiger charge is 2.21. The normalized spacial score (nSPS) is 15.5. The second-order valence-corrected chi connectivity index (χ2v) is 7.52. The molecule has 1 fully saturated rings. The Hall–Kier alpha value is -2.64. The fourth-order valence-electron chi connectivity index (χ4n) is 3.79. The Kier molecular flexibility index (Phi) is 6.84. The smallest absolute Gasteiger partial charge is 0.243 e. The predicted octanol–water partition coefficient (Wildman–Crippen LogP) is 2.75. The van der Waals surface area contributed by atoms with Crippen LogP contribution in [0.25, 0.3) is 10.8 Å². The van der Waals surface area contributed by atoms with Gasteiger partial charge >= 0.3 is 0 Å². The van der Waals surface area contributed by atoms with Crippen molar-refractivity contribution >= 4 is 34.0 Å². The Balaban J connectivity index is 1.42. The number of piperidine rings is 1. The first-order valence-corrected chi connectivity index (χ1v) is 9.78. The van der Waals surface area contributed by atoms with Crippen LogP contribution in [0.1, 0.15) is 32.1 Å². The number of likely N-dealkylation sites (tertiary alicyclic amines) is 1. The van der Waals surface area contributed by atoms with Crippen LogP contribution in [-0.2, 0) is 9.59 Å². The maximum Gasteiger partial charge on any atom is 0.243 e. The van der Waals surface area contributed by atoms with Crippen molar-refractivity contribution in [3.8, 4) is 0 Å². The van der Waals surface area contributed by atoms with Gasteiger partial charge in [-0.05, 0) is 79.7 Å². The number of nitrogens with two attached hydrogens (primary N) is 1. The highest BCUT2D eigenvalue weighted by atomic mass is 16.5. The van der Waals surface area contributed by atoms with Crippen LogP contribution in [0.15, 0.2) is 36.4 Å². The van der Waals surface area contributed by atoms with Gasteiger partial charge < -0.3 is 11.1 Å². The molecule has 28 heavy (non-hydrogen) atoms. The van der Waals surface area contributed by atoms with E-state index in [1.807, 2.05) is 36.4 Å². The van der Waals surface area contributed by atoms with Crippen molar-refractivity contribution in [2.45, 2.75) is 32.1 Å². The predicted molar refractivity (Wildman–Crippen MR) is 110 cm³/mol. The number of anilines is 2. The summed E-state index contributed by atoms with van der Waals surface area (Å²) in [6.07, 6.45) is 4.19. The highest BCUT2D eigenvalue weighted by molar-refractivity contribution is 5.96. The maximum atomic E-state index is 12.4. The first-order valence-electron chi connectivity index (χ1n) is 9.78. The maximum absolute atomic E-state index is 12.4. The minimum absolute atomic E-state index is 0.00661. The van der Waals surface area contributed by atoms with Crippen LogP contribution in [0.2, 0.25) is 0 Å². The lowest BCUT2D eigenvalue weighted by molar-refractivity contribution is -0.129. The summed E-state index contributed by atoms with van der Waals surface area (Å²) in [7, 11) is 0. The third kappa shape index (κ3) is 5.68. The molecule has 2 aromatic rings. The average molecular weight is 384 g/mol. The van der Waals surface area contributed by atoms with Crippen LogP contribution in [-0.4, -0.2) is 41.6 Å². The van der Waals surface area contributed by atoms with Crippen LogP contribution in [0, 0.1) is 5.92 Å². The SMILES string of the molecule is Nc1ccc2cc(NC(=O)CN3CCC(CCCC(=O)NO)CC3)ccc2c1. The van der Waals surface area contributed by atoms with Crippen molar-refractivity contribution in [3.05, 3.63) is 36.4 Å². The van der Waals surface area contributed by atoms with Gasteiger partial charge in [-0.3, -0.25) is 19.7 Å². The molecule has 1 aliphatic heterocycles. The molecule has 0 aromatic heterocycles. The van der Waals surface area contributed by atoms with Crippen LogP contribution in [0.4, 0.5) is 11.4 Å². The molecule has 0 unspecified atom stereocenters. The largest absolute Gasteiger partial charge is 0.399 e. The lowest BCUT2D eigenvalue weighted by atomic mass is 9.91. The second kappa shape index (κ2) is 9.52. The number of nitrogens with zero attached hydrogens (tertiary/aromatic N) is 1. The van der Waals surface area contributed by atoms with Gasteiger partial charge in [0.1, 0.15) is 0 Å². The number of rotatable bonds is 7. The molecule has 7 heteroatoms. The Morgan fingerprint density at radius 2 is 1.79 bits per heavy atom. The molecular weight excluding hydrogens is 356 g/mol. The Morgan fingerprint density at radius 3 is 2.54 bits per heavy atom. The Labute approximate surface area is 164 Å². The first-order chi connectivity index (χ1) is 13.5. The molecule has 7 nitrogen and oxygen atoms in total. The Bertz CT molecular complexity index is 832. The van der Waals surface area contributed by atoms with E-state index in [-0.39, 0.29) is 11.8 Å². The highest BCUT2D eigenvalue weighted by Crippen LogP contribution is 2.23. The van der Waals surface area contributed by atoms with E-state index in [1.165, 1.54) is 0 Å². The van der Waals surface area contributed by atoms with Crippen LogP contribution >= 0.6 is 0 Å². The molecule has 150 valence electrons. The van der Waals surface area contributed by atoms with Gasteiger partial charge in [0.2, 0.25) is 11.8 Å². The van der Waals surface area contributed by atoms with Crippen molar-refractivity contribution < 1.29 is 14.8 Å². The van der Waals surface area contributed by atoms with Crippen LogP contribution < -0.4 is 16.5 Å². The molecule has 1 saturated heterocycles. The van der Waals surface area contributed by atoms with Crippen LogP contribution in [0.5, 0.6) is 0 Å². The molecule has 0 spiro atoms. The van der Waals surface area contributed by atoms with Crippen LogP contribution in [0.3, 0.4) is 0 Å². The van der Waals surface area contributed by atoms with Crippen molar-refractivity contribution in [2.24, 2.45) is 5.92 Å². The lowest BCUT2D eigenvalue weighted by Gasteiger charge is -2.31. The third-order valence-electron chi connectivity index (χ3n) is 5.36. The summed E-state index contributed by atoms with van der Waals surface area (Å²) >= 11 is 0. The van der Waals surface area contributed by atoms with Crippen molar-refractivity contribution in [1.29, 1.82) is 0 Å². The molecule has 2 amide bonds. The van der Waals surface area contributed by atoms with Gasteiger partial charge in [-0.1, -0.05) is 12.1 Å². The van der Waals surface area contributed by atoms with Gasteiger partial charge in [-0.15, -0.1) is 0 Å². The fraction of sp³-hybridized carbons (Fsp3) is 0.429. The van der Waals surface area contributed by atoms with E-state index >= 15 is 0 Å². The zero-order valence-corrected chi connectivity index (χ0v) is 16.0. The topological polar surface area (TPSA) is 108 Å². The number of carbonyl (C=O) groups is 2. The lowest BCUT2D eigenvalue weighted by Crippen LogP contribution is -2.39. The minimum atomic E-state index is -0.328. The van der Waals surface area contributed by atoms with E-state index in [0.29, 0.717) is 18.9 Å². The summed E-state index contributed by atoms with van der Waals surface area (Å²) in [5.41, 5.74) is 8.98. The molecule has 0 radical (unpaired) electrons. The molecule has 5 N–H and O–H groups in total. The van der Waals surface area contributed by atoms with E-state index in [9.17, 15) is 9.59 Å². The van der Waals surface area contributed by atoms with E-state index in [4.69, 9.17) is 10.9 Å². The summed E-state index contributed by atoms with van der Waals surface area (Å²) in [4.78, 5) is 25.6. The summed E-state index contributed by atoms with van der Waals surface area (Å²) in [5.74, 6) is 0.248. The summed E-state index contributed by atoms with van der Waals surface area (Å²) < 4.78 is 0. The third-order valence-corrected chi connectivity index (χ3v) is 5.36. The molecule has 1 aliphatic rings. The molecule has 1 heterocycles. The molecular formula is C21H28N4O3. The zero-order chi connectivity index (χ0) is 19.9. The van der Waals surface area contributed by atoms with Crippen molar-refractivity contribution in [2.75, 3.05) is 30.7 Å². The fourth-order valence-corrected chi connectivity index (χ4v) is 3.79. The average Bonchev–Trinajstić information content (AvgIpc) is 2.69. The number of fused-ring (bicyclic) bond motifs is 1. The Morgan fingerprint density at radius 1 is 1.07 bits per heavy atom. The number of benzene rings is 2.